The number of nitrogens with zero attached hydrogens (tertiary/aromatic N) is 4. The number of benzene rings is 1. The average molecular weight is 300 g/mol. The number of likely N-dealkylation sites (tertiary alicyclic amines) is 1. The van der Waals surface area contributed by atoms with Gasteiger partial charge >= 0.3 is 0 Å². The molecule has 2 heterocycles. The molecule has 0 bridgehead atoms. The van der Waals surface area contributed by atoms with Gasteiger partial charge in [-0.05, 0) is 19.1 Å². The smallest absolute Gasteiger partial charge is 0.244 e. The molecular formula is C16H20N4O2. The highest BCUT2D eigenvalue weighted by Crippen LogP contribution is 2.19. The maximum Gasteiger partial charge on any atom is 0.244 e. The first kappa shape index (κ1) is 14.6. The summed E-state index contributed by atoms with van der Waals surface area (Å²) in [7, 11) is 0. The Morgan fingerprint density at radius 2 is 2.00 bits per heavy atom. The molecule has 1 aliphatic heterocycles. The monoisotopic (exact) mass is 300 g/mol. The summed E-state index contributed by atoms with van der Waals surface area (Å²) in [5.41, 5.74) is 1.22. The molecule has 1 amide bonds. The van der Waals surface area contributed by atoms with Gasteiger partial charge in [-0.15, -0.1) is 5.10 Å². The second-order valence-electron chi connectivity index (χ2n) is 5.61. The molecule has 0 aliphatic carbocycles. The van der Waals surface area contributed by atoms with Crippen LogP contribution in [0.4, 0.5) is 0 Å². The molecule has 116 valence electrons. The second kappa shape index (κ2) is 6.60. The van der Waals surface area contributed by atoms with Gasteiger partial charge in [0.05, 0.1) is 6.20 Å². The Morgan fingerprint density at radius 3 is 2.64 bits per heavy atom. The van der Waals surface area contributed by atoms with Gasteiger partial charge in [-0.3, -0.25) is 4.79 Å². The second-order valence-corrected chi connectivity index (χ2v) is 5.61. The predicted octanol–water partition coefficient (Wildman–Crippen LogP) is 1.66. The lowest BCUT2D eigenvalue weighted by Crippen LogP contribution is -2.43. The first-order valence-electron chi connectivity index (χ1n) is 7.56. The molecule has 0 radical (unpaired) electrons. The number of carbonyl (C=O) groups is 1. The van der Waals surface area contributed by atoms with E-state index in [-0.39, 0.29) is 18.6 Å². The summed E-state index contributed by atoms with van der Waals surface area (Å²) in [6.07, 6.45) is 5.17. The third kappa shape index (κ3) is 3.63. The van der Waals surface area contributed by atoms with Crippen molar-refractivity contribution in [2.45, 2.75) is 32.4 Å². The Kier molecular flexibility index (Phi) is 4.37. The van der Waals surface area contributed by atoms with Crippen molar-refractivity contribution in [3.8, 4) is 5.75 Å². The summed E-state index contributed by atoms with van der Waals surface area (Å²) in [6.45, 7) is 3.76. The molecule has 0 saturated carbocycles. The van der Waals surface area contributed by atoms with Crippen molar-refractivity contribution in [2.24, 2.45) is 0 Å². The van der Waals surface area contributed by atoms with E-state index in [1.54, 1.807) is 17.1 Å². The normalized spacial score (nSPS) is 15.8. The summed E-state index contributed by atoms with van der Waals surface area (Å²) < 4.78 is 7.53. The highest BCUT2D eigenvalue weighted by molar-refractivity contribution is 5.75. The molecule has 0 unspecified atom stereocenters. The van der Waals surface area contributed by atoms with E-state index in [2.05, 4.69) is 17.2 Å². The van der Waals surface area contributed by atoms with Crippen LogP contribution in [0.25, 0.3) is 0 Å². The first-order chi connectivity index (χ1) is 10.7. The van der Waals surface area contributed by atoms with E-state index in [4.69, 9.17) is 4.74 Å². The predicted molar refractivity (Wildman–Crippen MR) is 81.4 cm³/mol. The highest BCUT2D eigenvalue weighted by Gasteiger charge is 2.24. The number of hydrogen-bond donors (Lipinski definition) is 0. The molecule has 1 aliphatic rings. The van der Waals surface area contributed by atoms with Gasteiger partial charge < -0.3 is 9.64 Å². The molecule has 3 rings (SSSR count). The molecule has 6 nitrogen and oxygen atoms in total. The average Bonchev–Trinajstić information content (AvgIpc) is 3.03. The molecular weight excluding hydrogens is 280 g/mol. The standard InChI is InChI=1S/C16H20N4O2/c1-13-2-4-14(5-3-13)22-15-6-9-19(10-7-15)16(21)12-20-11-8-17-18-20/h2-5,8,11,15H,6-7,9-10,12H2,1H3. The van der Waals surface area contributed by atoms with Crippen molar-refractivity contribution in [2.75, 3.05) is 13.1 Å². The number of aryl methyl sites for hydroxylation is 1. The van der Waals surface area contributed by atoms with Crippen LogP contribution >= 0.6 is 0 Å². The number of rotatable bonds is 4. The van der Waals surface area contributed by atoms with Crippen molar-refractivity contribution in [3.05, 3.63) is 42.2 Å². The number of carbonyl (C=O) groups excluding carboxylic acids is 1. The molecule has 0 spiro atoms. The number of ether oxygens (including phenoxy) is 1. The van der Waals surface area contributed by atoms with Gasteiger partial charge in [-0.1, -0.05) is 22.9 Å². The molecule has 1 fully saturated rings. The minimum Gasteiger partial charge on any atom is -0.490 e. The van der Waals surface area contributed by atoms with Crippen molar-refractivity contribution >= 4 is 5.91 Å². The van der Waals surface area contributed by atoms with E-state index < -0.39 is 0 Å². The van der Waals surface area contributed by atoms with Crippen LogP contribution in [0.3, 0.4) is 0 Å². The Labute approximate surface area is 129 Å². The zero-order chi connectivity index (χ0) is 15.4. The lowest BCUT2D eigenvalue weighted by molar-refractivity contribution is -0.133. The maximum absolute atomic E-state index is 12.2. The Balaban J connectivity index is 1.47. The van der Waals surface area contributed by atoms with Crippen molar-refractivity contribution in [1.82, 2.24) is 19.9 Å². The van der Waals surface area contributed by atoms with E-state index in [0.29, 0.717) is 0 Å². The van der Waals surface area contributed by atoms with Crippen molar-refractivity contribution < 1.29 is 9.53 Å². The van der Waals surface area contributed by atoms with Crippen LogP contribution in [0.1, 0.15) is 18.4 Å². The molecule has 2 aromatic rings. The molecule has 0 atom stereocenters. The first-order valence-corrected chi connectivity index (χ1v) is 7.56. The third-order valence-electron chi connectivity index (χ3n) is 3.89. The van der Waals surface area contributed by atoms with Crippen molar-refractivity contribution in [1.29, 1.82) is 0 Å². The summed E-state index contributed by atoms with van der Waals surface area (Å²) in [4.78, 5) is 14.0. The minimum atomic E-state index is 0.0827. The number of aromatic nitrogens is 3. The fraction of sp³-hybridized carbons (Fsp3) is 0.438. The zero-order valence-electron chi connectivity index (χ0n) is 12.7. The van der Waals surface area contributed by atoms with E-state index in [1.807, 2.05) is 29.2 Å². The zero-order valence-corrected chi connectivity index (χ0v) is 12.7. The fourth-order valence-corrected chi connectivity index (χ4v) is 2.59. The number of hydrogen-bond acceptors (Lipinski definition) is 4. The van der Waals surface area contributed by atoms with Crippen LogP contribution in [0, 0.1) is 6.92 Å². The van der Waals surface area contributed by atoms with Crippen LogP contribution in [-0.2, 0) is 11.3 Å². The van der Waals surface area contributed by atoms with Gasteiger partial charge in [0.2, 0.25) is 5.91 Å². The summed E-state index contributed by atoms with van der Waals surface area (Å²) >= 11 is 0. The summed E-state index contributed by atoms with van der Waals surface area (Å²) in [6, 6.07) is 8.09. The van der Waals surface area contributed by atoms with Gasteiger partial charge in [-0.2, -0.15) is 0 Å². The van der Waals surface area contributed by atoms with Crippen LogP contribution < -0.4 is 4.74 Å². The van der Waals surface area contributed by atoms with Crippen LogP contribution in [-0.4, -0.2) is 45.0 Å². The van der Waals surface area contributed by atoms with Gasteiger partial charge in [-0.25, -0.2) is 4.68 Å². The quantitative estimate of drug-likeness (QED) is 0.861. The maximum atomic E-state index is 12.2. The largest absolute Gasteiger partial charge is 0.490 e. The van der Waals surface area contributed by atoms with Crippen LogP contribution in [0.15, 0.2) is 36.7 Å². The minimum absolute atomic E-state index is 0.0827. The Hall–Kier alpha value is -2.37. The van der Waals surface area contributed by atoms with Gasteiger partial charge in [0.15, 0.2) is 0 Å². The van der Waals surface area contributed by atoms with Gasteiger partial charge in [0, 0.05) is 32.1 Å². The summed E-state index contributed by atoms with van der Waals surface area (Å²) in [5, 5.41) is 7.53. The summed E-state index contributed by atoms with van der Waals surface area (Å²) in [5.74, 6) is 0.984. The van der Waals surface area contributed by atoms with E-state index in [9.17, 15) is 4.79 Å². The molecule has 22 heavy (non-hydrogen) atoms. The van der Waals surface area contributed by atoms with E-state index >= 15 is 0 Å². The van der Waals surface area contributed by atoms with Gasteiger partial charge in [0.25, 0.3) is 0 Å². The third-order valence-corrected chi connectivity index (χ3v) is 3.89. The lowest BCUT2D eigenvalue weighted by Gasteiger charge is -2.32. The molecule has 1 aromatic heterocycles. The molecule has 0 N–H and O–H groups in total. The van der Waals surface area contributed by atoms with Gasteiger partial charge in [0.1, 0.15) is 18.4 Å². The van der Waals surface area contributed by atoms with Crippen LogP contribution in [0.5, 0.6) is 5.75 Å². The molecule has 6 heteroatoms. The molecule has 1 saturated heterocycles. The van der Waals surface area contributed by atoms with E-state index in [0.717, 1.165) is 31.7 Å². The topological polar surface area (TPSA) is 60.2 Å². The Bertz CT molecular complexity index is 602. The van der Waals surface area contributed by atoms with Crippen molar-refractivity contribution in [3.63, 3.8) is 0 Å². The SMILES string of the molecule is Cc1ccc(OC2CCN(C(=O)Cn3ccnn3)CC2)cc1. The fourth-order valence-electron chi connectivity index (χ4n) is 2.59. The number of amides is 1. The highest BCUT2D eigenvalue weighted by atomic mass is 16.5. The number of piperidine rings is 1. The van der Waals surface area contributed by atoms with E-state index in [1.165, 1.54) is 5.56 Å². The molecule has 1 aromatic carbocycles. The van der Waals surface area contributed by atoms with Crippen LogP contribution in [0.2, 0.25) is 0 Å². The lowest BCUT2D eigenvalue weighted by atomic mass is 10.1. The Morgan fingerprint density at radius 1 is 1.27 bits per heavy atom.